The van der Waals surface area contributed by atoms with Gasteiger partial charge in [-0.2, -0.15) is 0 Å². The van der Waals surface area contributed by atoms with Crippen LogP contribution in [0.25, 0.3) is 0 Å². The molecule has 1 N–H and O–H groups in total. The molecule has 0 radical (unpaired) electrons. The zero-order valence-corrected chi connectivity index (χ0v) is 14.8. The minimum Gasteiger partial charge on any atom is -0.310 e. The van der Waals surface area contributed by atoms with E-state index < -0.39 is 0 Å². The van der Waals surface area contributed by atoms with Crippen LogP contribution in [0.2, 0.25) is 5.02 Å². The van der Waals surface area contributed by atoms with Gasteiger partial charge in [0.2, 0.25) is 0 Å². The van der Waals surface area contributed by atoms with Crippen LogP contribution in [0.1, 0.15) is 36.1 Å². The molecule has 0 aromatic heterocycles. The second kappa shape index (κ2) is 7.98. The molecular weight excluding hydrogens is 346 g/mol. The lowest BCUT2D eigenvalue weighted by Gasteiger charge is -2.22. The van der Waals surface area contributed by atoms with Gasteiger partial charge in [0.05, 0.1) is 0 Å². The first-order valence-corrected chi connectivity index (χ1v) is 8.51. The van der Waals surface area contributed by atoms with E-state index in [4.69, 9.17) is 11.6 Å². The maximum Gasteiger partial charge on any atom is 0.0406 e. The highest BCUT2D eigenvalue weighted by atomic mass is 79.9. The van der Waals surface area contributed by atoms with Crippen molar-refractivity contribution < 1.29 is 0 Å². The highest BCUT2D eigenvalue weighted by molar-refractivity contribution is 9.10. The summed E-state index contributed by atoms with van der Waals surface area (Å²) in [6.07, 6.45) is 2.10. The first-order chi connectivity index (χ1) is 10.1. The van der Waals surface area contributed by atoms with E-state index >= 15 is 0 Å². The molecule has 1 nitrogen and oxygen atoms in total. The number of nitrogens with one attached hydrogen (secondary N) is 1. The molecule has 3 heteroatoms. The molecule has 0 saturated carbocycles. The number of halogens is 2. The Balaban J connectivity index is 2.25. The molecule has 0 aliphatic heterocycles. The summed E-state index contributed by atoms with van der Waals surface area (Å²) >= 11 is 9.61. The normalized spacial score (nSPS) is 12.4. The summed E-state index contributed by atoms with van der Waals surface area (Å²) in [7, 11) is 0. The van der Waals surface area contributed by atoms with Crippen LogP contribution in [0.3, 0.4) is 0 Å². The third kappa shape index (κ3) is 4.57. The van der Waals surface area contributed by atoms with Crippen molar-refractivity contribution in [3.05, 3.63) is 68.7 Å². The SMILES string of the molecule is CCCNC(Cc1ccc(Cl)cc1)c1cccc(Br)c1C. The van der Waals surface area contributed by atoms with Gasteiger partial charge in [0.15, 0.2) is 0 Å². The Bertz CT molecular complexity index is 580. The van der Waals surface area contributed by atoms with Crippen molar-refractivity contribution in [3.63, 3.8) is 0 Å². The quantitative estimate of drug-likeness (QED) is 0.692. The largest absolute Gasteiger partial charge is 0.310 e. The molecule has 0 aliphatic carbocycles. The highest BCUT2D eigenvalue weighted by Gasteiger charge is 2.15. The van der Waals surface area contributed by atoms with E-state index in [2.05, 4.69) is 65.4 Å². The summed E-state index contributed by atoms with van der Waals surface area (Å²) < 4.78 is 1.17. The van der Waals surface area contributed by atoms with Crippen molar-refractivity contribution in [1.82, 2.24) is 5.32 Å². The predicted octanol–water partition coefficient (Wildman–Crippen LogP) is 5.69. The lowest BCUT2D eigenvalue weighted by atomic mass is 9.95. The van der Waals surface area contributed by atoms with Crippen molar-refractivity contribution in [3.8, 4) is 0 Å². The first kappa shape index (κ1) is 16.5. The Hall–Kier alpha value is -0.830. The van der Waals surface area contributed by atoms with Gasteiger partial charge in [-0.05, 0) is 61.2 Å². The van der Waals surface area contributed by atoms with Crippen molar-refractivity contribution in [2.75, 3.05) is 6.54 Å². The zero-order valence-electron chi connectivity index (χ0n) is 12.5. The molecule has 2 rings (SSSR count). The van der Waals surface area contributed by atoms with Gasteiger partial charge in [0, 0.05) is 15.5 Å². The van der Waals surface area contributed by atoms with E-state index in [-0.39, 0.29) is 0 Å². The molecule has 0 aliphatic rings. The number of hydrogen-bond donors (Lipinski definition) is 1. The average molecular weight is 367 g/mol. The first-order valence-electron chi connectivity index (χ1n) is 7.34. The predicted molar refractivity (Wildman–Crippen MR) is 95.1 cm³/mol. The molecule has 0 saturated heterocycles. The zero-order chi connectivity index (χ0) is 15.2. The van der Waals surface area contributed by atoms with E-state index in [1.807, 2.05) is 12.1 Å². The van der Waals surface area contributed by atoms with Crippen LogP contribution in [0.4, 0.5) is 0 Å². The third-order valence-corrected chi connectivity index (χ3v) is 4.79. The van der Waals surface area contributed by atoms with E-state index in [9.17, 15) is 0 Å². The maximum absolute atomic E-state index is 5.97. The van der Waals surface area contributed by atoms with Gasteiger partial charge in [0.1, 0.15) is 0 Å². The summed E-state index contributed by atoms with van der Waals surface area (Å²) in [4.78, 5) is 0. The summed E-state index contributed by atoms with van der Waals surface area (Å²) in [5, 5.41) is 4.45. The fraction of sp³-hybridized carbons (Fsp3) is 0.333. The van der Waals surface area contributed by atoms with Crippen LogP contribution in [-0.4, -0.2) is 6.54 Å². The summed E-state index contributed by atoms with van der Waals surface area (Å²) in [5.74, 6) is 0. The van der Waals surface area contributed by atoms with Gasteiger partial charge in [-0.15, -0.1) is 0 Å². The Kier molecular flexibility index (Phi) is 6.28. The lowest BCUT2D eigenvalue weighted by Crippen LogP contribution is -2.25. The number of benzene rings is 2. The second-order valence-corrected chi connectivity index (χ2v) is 6.58. The molecule has 2 aromatic carbocycles. The van der Waals surface area contributed by atoms with Crippen LogP contribution >= 0.6 is 27.5 Å². The lowest BCUT2D eigenvalue weighted by molar-refractivity contribution is 0.527. The standard InChI is InChI=1S/C18H21BrClN/c1-3-11-21-18(12-14-7-9-15(20)10-8-14)16-5-4-6-17(19)13(16)2/h4-10,18,21H,3,11-12H2,1-2H3. The van der Waals surface area contributed by atoms with Gasteiger partial charge >= 0.3 is 0 Å². The molecular formula is C18H21BrClN. The topological polar surface area (TPSA) is 12.0 Å². The molecule has 0 bridgehead atoms. The Morgan fingerprint density at radius 3 is 2.52 bits per heavy atom. The van der Waals surface area contributed by atoms with Gasteiger partial charge < -0.3 is 5.32 Å². The van der Waals surface area contributed by atoms with Gasteiger partial charge in [0.25, 0.3) is 0 Å². The second-order valence-electron chi connectivity index (χ2n) is 5.29. The number of rotatable bonds is 6. The molecule has 0 fully saturated rings. The van der Waals surface area contributed by atoms with Crippen molar-refractivity contribution >= 4 is 27.5 Å². The molecule has 21 heavy (non-hydrogen) atoms. The Morgan fingerprint density at radius 2 is 1.86 bits per heavy atom. The molecule has 0 amide bonds. The fourth-order valence-corrected chi connectivity index (χ4v) is 2.98. The van der Waals surface area contributed by atoms with Crippen LogP contribution < -0.4 is 5.32 Å². The summed E-state index contributed by atoms with van der Waals surface area (Å²) in [6.45, 7) is 5.38. The molecule has 112 valence electrons. The van der Waals surface area contributed by atoms with E-state index in [0.29, 0.717) is 6.04 Å². The molecule has 1 atom stereocenters. The fourth-order valence-electron chi connectivity index (χ4n) is 2.47. The molecule has 2 aromatic rings. The minimum absolute atomic E-state index is 0.323. The summed E-state index contributed by atoms with van der Waals surface area (Å²) in [5.41, 5.74) is 3.96. The molecule has 1 unspecified atom stereocenters. The van der Waals surface area contributed by atoms with Crippen LogP contribution in [-0.2, 0) is 6.42 Å². The monoisotopic (exact) mass is 365 g/mol. The molecule has 0 heterocycles. The highest BCUT2D eigenvalue weighted by Crippen LogP contribution is 2.27. The van der Waals surface area contributed by atoms with Gasteiger partial charge in [-0.3, -0.25) is 0 Å². The third-order valence-electron chi connectivity index (χ3n) is 3.68. The van der Waals surface area contributed by atoms with E-state index in [1.54, 1.807) is 0 Å². The smallest absolute Gasteiger partial charge is 0.0406 e. The molecule has 0 spiro atoms. The Labute approximate surface area is 140 Å². The van der Waals surface area contributed by atoms with Crippen LogP contribution in [0.5, 0.6) is 0 Å². The van der Waals surface area contributed by atoms with Crippen molar-refractivity contribution in [1.29, 1.82) is 0 Å². The van der Waals surface area contributed by atoms with Crippen molar-refractivity contribution in [2.24, 2.45) is 0 Å². The summed E-state index contributed by atoms with van der Waals surface area (Å²) in [6, 6.07) is 14.9. The maximum atomic E-state index is 5.97. The average Bonchev–Trinajstić information content (AvgIpc) is 2.48. The minimum atomic E-state index is 0.323. The van der Waals surface area contributed by atoms with E-state index in [0.717, 1.165) is 24.4 Å². The number of hydrogen-bond acceptors (Lipinski definition) is 1. The van der Waals surface area contributed by atoms with E-state index in [1.165, 1.54) is 21.2 Å². The van der Waals surface area contributed by atoms with Crippen LogP contribution in [0, 0.1) is 6.92 Å². The van der Waals surface area contributed by atoms with Crippen LogP contribution in [0.15, 0.2) is 46.9 Å². The van der Waals surface area contributed by atoms with Crippen molar-refractivity contribution in [2.45, 2.75) is 32.7 Å². The Morgan fingerprint density at radius 1 is 1.14 bits per heavy atom. The van der Waals surface area contributed by atoms with Gasteiger partial charge in [-0.1, -0.05) is 58.7 Å². The van der Waals surface area contributed by atoms with Gasteiger partial charge in [-0.25, -0.2) is 0 Å².